The van der Waals surface area contributed by atoms with Crippen molar-refractivity contribution in [2.75, 3.05) is 6.61 Å². The number of hydrogen-bond donors (Lipinski definition) is 0. The van der Waals surface area contributed by atoms with Crippen LogP contribution in [0.5, 0.6) is 0 Å². The van der Waals surface area contributed by atoms with Gasteiger partial charge in [0.25, 0.3) is 0 Å². The van der Waals surface area contributed by atoms with Crippen LogP contribution < -0.4 is 0 Å². The molecule has 0 atom stereocenters. The molecular formula is C23H38O2. The number of allylic oxidation sites excluding steroid dienone is 8. The molecule has 25 heavy (non-hydrogen) atoms. The second kappa shape index (κ2) is 14.5. The van der Waals surface area contributed by atoms with Crippen LogP contribution in [0.2, 0.25) is 0 Å². The van der Waals surface area contributed by atoms with E-state index in [0.29, 0.717) is 18.4 Å². The van der Waals surface area contributed by atoms with Crippen LogP contribution in [0.3, 0.4) is 0 Å². The van der Waals surface area contributed by atoms with Crippen molar-refractivity contribution in [2.45, 2.75) is 67.7 Å². The van der Waals surface area contributed by atoms with Gasteiger partial charge in [0.2, 0.25) is 0 Å². The highest BCUT2D eigenvalue weighted by Gasteiger charge is 2.22. The first-order valence-corrected chi connectivity index (χ1v) is 9.04. The monoisotopic (exact) mass is 346 g/mol. The van der Waals surface area contributed by atoms with Crippen molar-refractivity contribution in [3.8, 4) is 0 Å². The molecule has 0 unspecified atom stereocenters. The van der Waals surface area contributed by atoms with Gasteiger partial charge in [0.15, 0.2) is 0 Å². The maximum Gasteiger partial charge on any atom is 0.305 e. The van der Waals surface area contributed by atoms with E-state index in [-0.39, 0.29) is 5.97 Å². The topological polar surface area (TPSA) is 26.3 Å². The fraction of sp³-hybridized carbons (Fsp3) is 0.522. The predicted octanol–water partition coefficient (Wildman–Crippen LogP) is 6.96. The van der Waals surface area contributed by atoms with Crippen LogP contribution >= 0.6 is 0 Å². The largest absolute Gasteiger partial charge is 0.466 e. The third-order valence-electron chi connectivity index (χ3n) is 3.32. The summed E-state index contributed by atoms with van der Waals surface area (Å²) < 4.78 is 4.55. The molecule has 142 valence electrons. The second-order valence-electron chi connectivity index (χ2n) is 6.97. The normalized spacial score (nSPS) is 16.0. The predicted molar refractivity (Wildman–Crippen MR) is 112 cm³/mol. The average molecular weight is 347 g/mol. The molecule has 0 radical (unpaired) electrons. The molecule has 1 rings (SSSR count). The number of carbonyl (C=O) groups excluding carboxylic acids is 1. The molecule has 0 heterocycles. The number of carbonyl (C=O) groups is 1. The van der Waals surface area contributed by atoms with Gasteiger partial charge in [-0.1, -0.05) is 81.0 Å². The summed E-state index contributed by atoms with van der Waals surface area (Å²) in [5, 5.41) is 0. The lowest BCUT2D eigenvalue weighted by Gasteiger charge is -2.29. The smallest absolute Gasteiger partial charge is 0.305 e. The van der Waals surface area contributed by atoms with Crippen molar-refractivity contribution in [1.82, 2.24) is 0 Å². The number of rotatable bonds is 4. The van der Waals surface area contributed by atoms with Gasteiger partial charge in [0.05, 0.1) is 6.61 Å². The zero-order valence-electron chi connectivity index (χ0n) is 17.4. The fourth-order valence-corrected chi connectivity index (χ4v) is 2.65. The molecule has 0 aliphatic heterocycles. The zero-order chi connectivity index (χ0) is 19.9. The quantitative estimate of drug-likeness (QED) is 0.406. The van der Waals surface area contributed by atoms with Gasteiger partial charge < -0.3 is 4.74 Å². The van der Waals surface area contributed by atoms with Gasteiger partial charge in [-0.2, -0.15) is 0 Å². The number of ether oxygens (including phenoxy) is 1. The van der Waals surface area contributed by atoms with Crippen LogP contribution in [0, 0.1) is 5.41 Å². The first-order chi connectivity index (χ1) is 11.6. The SMILES string of the molecule is C=C/C=C(C)\C=C/C.C=C1C=C(C)CC(C)(C)C1.CCOC(=O)CC. The van der Waals surface area contributed by atoms with Crippen molar-refractivity contribution >= 4 is 5.97 Å². The molecule has 0 spiro atoms. The molecule has 0 aromatic carbocycles. The minimum atomic E-state index is -0.123. The Morgan fingerprint density at radius 2 is 1.92 bits per heavy atom. The van der Waals surface area contributed by atoms with E-state index >= 15 is 0 Å². The van der Waals surface area contributed by atoms with Crippen molar-refractivity contribution < 1.29 is 9.53 Å². The standard InChI is InChI=1S/C10H16.C8H12.C5H10O2/c1-8-5-9(2)7-10(3,4)6-8;1-4-6-8(3)7-5-2;1-3-5(6)7-4-2/h5H,1,6-7H2,2-4H3;4-7H,1H2,2-3H3;3-4H2,1-2H3/b;7-5-,8-6-;. The molecule has 0 saturated carbocycles. The van der Waals surface area contributed by atoms with Crippen molar-refractivity contribution in [3.05, 3.63) is 60.3 Å². The van der Waals surface area contributed by atoms with Crippen LogP contribution in [0.4, 0.5) is 0 Å². The van der Waals surface area contributed by atoms with Crippen molar-refractivity contribution in [1.29, 1.82) is 0 Å². The summed E-state index contributed by atoms with van der Waals surface area (Å²) in [6, 6.07) is 0. The molecule has 0 N–H and O–H groups in total. The maximum absolute atomic E-state index is 10.2. The molecule has 0 aromatic rings. The van der Waals surface area contributed by atoms with E-state index in [1.807, 2.05) is 32.1 Å². The lowest BCUT2D eigenvalue weighted by atomic mass is 9.76. The molecular weight excluding hydrogens is 308 g/mol. The Labute approximate surface area is 156 Å². The molecule has 1 aliphatic carbocycles. The highest BCUT2D eigenvalue weighted by Crippen LogP contribution is 2.36. The van der Waals surface area contributed by atoms with E-state index < -0.39 is 0 Å². The zero-order valence-corrected chi connectivity index (χ0v) is 17.4. The van der Waals surface area contributed by atoms with E-state index in [2.05, 4.69) is 44.7 Å². The molecule has 2 heteroatoms. The van der Waals surface area contributed by atoms with Gasteiger partial charge in [-0.05, 0) is 46.0 Å². The Kier molecular flexibility index (Phi) is 14.7. The highest BCUT2D eigenvalue weighted by molar-refractivity contribution is 5.68. The summed E-state index contributed by atoms with van der Waals surface area (Å²) in [7, 11) is 0. The Morgan fingerprint density at radius 1 is 1.32 bits per heavy atom. The van der Waals surface area contributed by atoms with Gasteiger partial charge in [-0.25, -0.2) is 0 Å². The number of hydrogen-bond acceptors (Lipinski definition) is 2. The van der Waals surface area contributed by atoms with Crippen LogP contribution in [0.25, 0.3) is 0 Å². The minimum absolute atomic E-state index is 0.123. The average Bonchev–Trinajstić information content (AvgIpc) is 2.46. The Hall–Kier alpha value is -1.83. The Bertz CT molecular complexity index is 502. The van der Waals surface area contributed by atoms with Crippen LogP contribution in [0.15, 0.2) is 60.3 Å². The lowest BCUT2D eigenvalue weighted by molar-refractivity contribution is -0.142. The fourth-order valence-electron chi connectivity index (χ4n) is 2.65. The molecule has 2 nitrogen and oxygen atoms in total. The Balaban J connectivity index is 0. The van der Waals surface area contributed by atoms with Gasteiger partial charge in [-0.15, -0.1) is 0 Å². The molecule has 0 fully saturated rings. The van der Waals surface area contributed by atoms with Gasteiger partial charge in [-0.3, -0.25) is 4.79 Å². The summed E-state index contributed by atoms with van der Waals surface area (Å²) in [4.78, 5) is 10.2. The van der Waals surface area contributed by atoms with E-state index in [1.165, 1.54) is 23.1 Å². The summed E-state index contributed by atoms with van der Waals surface area (Å²) >= 11 is 0. The summed E-state index contributed by atoms with van der Waals surface area (Å²) in [5.74, 6) is -0.123. The molecule has 0 saturated heterocycles. The van der Waals surface area contributed by atoms with Gasteiger partial charge in [0, 0.05) is 6.42 Å². The third-order valence-corrected chi connectivity index (χ3v) is 3.32. The van der Waals surface area contributed by atoms with Crippen LogP contribution in [-0.2, 0) is 9.53 Å². The van der Waals surface area contributed by atoms with E-state index in [1.54, 1.807) is 19.9 Å². The first-order valence-electron chi connectivity index (χ1n) is 9.04. The number of esters is 1. The van der Waals surface area contributed by atoms with Gasteiger partial charge in [0.1, 0.15) is 0 Å². The summed E-state index contributed by atoms with van der Waals surface area (Å²) in [5.41, 5.74) is 4.45. The van der Waals surface area contributed by atoms with E-state index in [9.17, 15) is 4.79 Å². The van der Waals surface area contributed by atoms with Crippen molar-refractivity contribution in [2.24, 2.45) is 5.41 Å². The molecule has 0 amide bonds. The minimum Gasteiger partial charge on any atom is -0.466 e. The van der Waals surface area contributed by atoms with E-state index in [4.69, 9.17) is 0 Å². The van der Waals surface area contributed by atoms with E-state index in [0.717, 1.165) is 6.42 Å². The maximum atomic E-state index is 10.2. The molecule has 0 bridgehead atoms. The Morgan fingerprint density at radius 3 is 2.24 bits per heavy atom. The highest BCUT2D eigenvalue weighted by atomic mass is 16.5. The lowest BCUT2D eigenvalue weighted by Crippen LogP contribution is -2.15. The van der Waals surface area contributed by atoms with Crippen LogP contribution in [0.1, 0.15) is 67.7 Å². The molecule has 1 aliphatic rings. The summed E-state index contributed by atoms with van der Waals surface area (Å²) in [6.07, 6.45) is 12.9. The van der Waals surface area contributed by atoms with Gasteiger partial charge >= 0.3 is 5.97 Å². The second-order valence-corrected chi connectivity index (χ2v) is 6.97. The molecule has 0 aromatic heterocycles. The summed E-state index contributed by atoms with van der Waals surface area (Å²) in [6.45, 7) is 22.5. The first kappa shape index (κ1) is 25.4. The van der Waals surface area contributed by atoms with Crippen molar-refractivity contribution in [3.63, 3.8) is 0 Å². The van der Waals surface area contributed by atoms with Crippen LogP contribution in [-0.4, -0.2) is 12.6 Å². The third kappa shape index (κ3) is 16.8.